The van der Waals surface area contributed by atoms with E-state index in [1.807, 2.05) is 6.20 Å². The summed E-state index contributed by atoms with van der Waals surface area (Å²) in [6.07, 6.45) is 17.7. The van der Waals surface area contributed by atoms with Crippen molar-refractivity contribution in [1.29, 1.82) is 0 Å². The molecular weight excluding hydrogens is 290 g/mol. The number of hydrogen-bond acceptors (Lipinski definition) is 1. The fourth-order valence-corrected chi connectivity index (χ4v) is 3.85. The molecule has 1 saturated carbocycles. The summed E-state index contributed by atoms with van der Waals surface area (Å²) in [6, 6.07) is 0. The summed E-state index contributed by atoms with van der Waals surface area (Å²) in [6.45, 7) is 15.0. The minimum Gasteiger partial charge on any atom is -0.373 e. The molecule has 0 radical (unpaired) electrons. The van der Waals surface area contributed by atoms with Crippen LogP contribution in [0.4, 0.5) is 0 Å². The van der Waals surface area contributed by atoms with Gasteiger partial charge in [-0.05, 0) is 79.4 Å². The van der Waals surface area contributed by atoms with E-state index in [1.165, 1.54) is 37.7 Å². The highest BCUT2D eigenvalue weighted by Gasteiger charge is 2.20. The molecule has 132 valence electrons. The fourth-order valence-electron chi connectivity index (χ4n) is 3.85. The molecule has 0 spiro atoms. The van der Waals surface area contributed by atoms with Crippen LogP contribution in [0.3, 0.4) is 0 Å². The van der Waals surface area contributed by atoms with E-state index in [4.69, 9.17) is 0 Å². The molecule has 1 unspecified atom stereocenters. The Morgan fingerprint density at radius 1 is 1.17 bits per heavy atom. The number of fused-ring (bicyclic) bond motifs is 1. The molecule has 0 bridgehead atoms. The lowest BCUT2D eigenvalue weighted by molar-refractivity contribution is 0.388. The molecule has 1 heterocycles. The Labute approximate surface area is 149 Å². The zero-order chi connectivity index (χ0) is 17.5. The molecule has 1 saturated heterocycles. The van der Waals surface area contributed by atoms with Crippen LogP contribution >= 0.6 is 0 Å². The molecule has 1 atom stereocenters. The average molecular weight is 326 g/mol. The van der Waals surface area contributed by atoms with Crippen LogP contribution in [0.5, 0.6) is 0 Å². The minimum atomic E-state index is 0.690. The molecule has 1 aliphatic heterocycles. The smallest absolute Gasteiger partial charge is 0.0423 e. The van der Waals surface area contributed by atoms with Crippen LogP contribution in [0, 0.1) is 11.8 Å². The van der Waals surface area contributed by atoms with Crippen LogP contribution in [-0.2, 0) is 0 Å². The summed E-state index contributed by atoms with van der Waals surface area (Å²) in [5.74, 6) is 1.48. The first-order valence-electron chi connectivity index (χ1n) is 9.67. The maximum absolute atomic E-state index is 3.80. The second-order valence-corrected chi connectivity index (χ2v) is 7.56. The molecule has 1 heteroatoms. The van der Waals surface area contributed by atoms with E-state index in [0.29, 0.717) is 5.92 Å². The van der Waals surface area contributed by atoms with Crippen molar-refractivity contribution < 1.29 is 0 Å². The maximum Gasteiger partial charge on any atom is 0.0423 e. The van der Waals surface area contributed by atoms with Gasteiger partial charge in [-0.25, -0.2) is 0 Å². The number of likely N-dealkylation sites (tertiary alicyclic amines) is 1. The predicted molar refractivity (Wildman–Crippen MR) is 107 cm³/mol. The van der Waals surface area contributed by atoms with Gasteiger partial charge in [0.25, 0.3) is 0 Å². The quantitative estimate of drug-likeness (QED) is 0.565. The van der Waals surface area contributed by atoms with E-state index in [0.717, 1.165) is 19.0 Å². The number of piperidine rings is 1. The van der Waals surface area contributed by atoms with Gasteiger partial charge in [0.15, 0.2) is 0 Å². The van der Waals surface area contributed by atoms with Gasteiger partial charge < -0.3 is 4.90 Å². The highest BCUT2D eigenvalue weighted by Crippen LogP contribution is 2.36. The van der Waals surface area contributed by atoms with Gasteiger partial charge in [0.1, 0.15) is 0 Å². The van der Waals surface area contributed by atoms with E-state index in [-0.39, 0.29) is 0 Å². The van der Waals surface area contributed by atoms with Crippen LogP contribution < -0.4 is 0 Å². The largest absolute Gasteiger partial charge is 0.373 e. The third-order valence-corrected chi connectivity index (χ3v) is 5.27. The Morgan fingerprint density at radius 3 is 2.50 bits per heavy atom. The van der Waals surface area contributed by atoms with Crippen LogP contribution in [0.15, 0.2) is 59.4 Å². The van der Waals surface area contributed by atoms with Crippen LogP contribution in [0.25, 0.3) is 0 Å². The van der Waals surface area contributed by atoms with Crippen molar-refractivity contribution in [3.8, 4) is 0 Å². The monoisotopic (exact) mass is 325 g/mol. The van der Waals surface area contributed by atoms with Gasteiger partial charge >= 0.3 is 0 Å². The van der Waals surface area contributed by atoms with E-state index >= 15 is 0 Å². The summed E-state index contributed by atoms with van der Waals surface area (Å²) >= 11 is 0. The van der Waals surface area contributed by atoms with Crippen LogP contribution in [0.2, 0.25) is 0 Å². The summed E-state index contributed by atoms with van der Waals surface area (Å²) in [7, 11) is 0. The van der Waals surface area contributed by atoms with Gasteiger partial charge in [0.05, 0.1) is 0 Å². The van der Waals surface area contributed by atoms with Crippen molar-refractivity contribution in [3.63, 3.8) is 0 Å². The van der Waals surface area contributed by atoms with Crippen LogP contribution in [-0.4, -0.2) is 18.0 Å². The van der Waals surface area contributed by atoms with Gasteiger partial charge in [0, 0.05) is 13.1 Å². The lowest BCUT2D eigenvalue weighted by Crippen LogP contribution is -2.28. The first kappa shape index (κ1) is 18.8. The Kier molecular flexibility index (Phi) is 7.15. The topological polar surface area (TPSA) is 3.24 Å². The van der Waals surface area contributed by atoms with Crippen molar-refractivity contribution in [2.45, 2.75) is 59.8 Å². The Bertz CT molecular complexity index is 557. The molecule has 3 rings (SSSR count). The number of nitrogens with zero attached hydrogens (tertiary/aromatic N) is 1. The van der Waals surface area contributed by atoms with Gasteiger partial charge in [0.2, 0.25) is 0 Å². The molecule has 1 nitrogen and oxygen atoms in total. The second kappa shape index (κ2) is 9.11. The first-order valence-corrected chi connectivity index (χ1v) is 9.67. The van der Waals surface area contributed by atoms with Crippen molar-refractivity contribution >= 4 is 0 Å². The van der Waals surface area contributed by atoms with E-state index in [9.17, 15) is 0 Å². The molecule has 3 aliphatic rings. The van der Waals surface area contributed by atoms with Gasteiger partial charge in [-0.2, -0.15) is 0 Å². The maximum atomic E-state index is 3.80. The lowest BCUT2D eigenvalue weighted by Gasteiger charge is -2.30. The van der Waals surface area contributed by atoms with Gasteiger partial charge in [-0.1, -0.05) is 51.7 Å². The minimum absolute atomic E-state index is 0.690. The Hall–Kier alpha value is -1.50. The summed E-state index contributed by atoms with van der Waals surface area (Å²) < 4.78 is 0. The van der Waals surface area contributed by atoms with Crippen molar-refractivity contribution in [3.05, 3.63) is 59.4 Å². The normalized spacial score (nSPS) is 26.7. The fraction of sp³-hybridized carbons (Fsp3) is 0.565. The molecule has 0 aromatic heterocycles. The number of rotatable bonds is 2. The molecular formula is C23H35N. The van der Waals surface area contributed by atoms with Crippen LogP contribution in [0.1, 0.15) is 59.8 Å². The average Bonchev–Trinajstić information content (AvgIpc) is 2.94. The Balaban J connectivity index is 0.000000174. The van der Waals surface area contributed by atoms with E-state index < -0.39 is 0 Å². The molecule has 0 aromatic carbocycles. The van der Waals surface area contributed by atoms with E-state index in [2.05, 4.69) is 63.5 Å². The summed E-state index contributed by atoms with van der Waals surface area (Å²) in [5.41, 5.74) is 6.30. The van der Waals surface area contributed by atoms with Gasteiger partial charge in [-0.15, -0.1) is 0 Å². The molecule has 0 amide bonds. The molecule has 0 N–H and O–H groups in total. The lowest BCUT2D eigenvalue weighted by atomic mass is 9.92. The third-order valence-electron chi connectivity index (χ3n) is 5.27. The third kappa shape index (κ3) is 5.00. The highest BCUT2D eigenvalue weighted by molar-refractivity contribution is 5.37. The molecule has 2 aliphatic carbocycles. The first-order chi connectivity index (χ1) is 11.5. The zero-order valence-electron chi connectivity index (χ0n) is 16.1. The number of hydrogen-bond donors (Lipinski definition) is 0. The highest BCUT2D eigenvalue weighted by atomic mass is 15.1. The summed E-state index contributed by atoms with van der Waals surface area (Å²) in [4.78, 5) is 2.29. The zero-order valence-corrected chi connectivity index (χ0v) is 16.1. The van der Waals surface area contributed by atoms with E-state index in [1.54, 1.807) is 16.7 Å². The van der Waals surface area contributed by atoms with Crippen molar-refractivity contribution in [2.75, 3.05) is 13.1 Å². The molecule has 24 heavy (non-hydrogen) atoms. The summed E-state index contributed by atoms with van der Waals surface area (Å²) in [5, 5.41) is 0. The van der Waals surface area contributed by atoms with Crippen molar-refractivity contribution in [1.82, 2.24) is 4.90 Å². The Morgan fingerprint density at radius 2 is 1.88 bits per heavy atom. The SMILES string of the molecule is C/C=C1/CCC(C)/C1=C/C(C)C.C=CN1CCC2=CCCC=C2C1. The molecule has 2 fully saturated rings. The molecule has 0 aromatic rings. The van der Waals surface area contributed by atoms with Gasteiger partial charge in [-0.3, -0.25) is 0 Å². The predicted octanol–water partition coefficient (Wildman–Crippen LogP) is 6.43. The number of allylic oxidation sites excluding steroid dienone is 6. The second-order valence-electron chi connectivity index (χ2n) is 7.56. The standard InChI is InChI=1S/C12H20.C11H15N/c1-5-11-7-6-10(4)12(11)8-9(2)3;1-2-12-8-7-10-5-3-4-6-11(10)9-12/h5,8-10H,6-7H2,1-4H3;2,5-6H,1,3-4,7-9H2/b11-5-,12-8-;. The van der Waals surface area contributed by atoms with Crippen molar-refractivity contribution in [2.24, 2.45) is 11.8 Å².